The summed E-state index contributed by atoms with van der Waals surface area (Å²) in [6.07, 6.45) is 1.56. The second-order valence-electron chi connectivity index (χ2n) is 3.64. The Kier molecular flexibility index (Phi) is 3.81. The number of halogens is 1. The summed E-state index contributed by atoms with van der Waals surface area (Å²) in [7, 11) is 1.37. The Morgan fingerprint density at radius 1 is 1.65 bits per heavy atom. The lowest BCUT2D eigenvalue weighted by atomic mass is 10.2. The minimum absolute atomic E-state index is 0.316. The molecular weight excluding hydrogens is 244 g/mol. The van der Waals surface area contributed by atoms with Crippen LogP contribution in [0, 0.1) is 0 Å². The smallest absolute Gasteiger partial charge is 0.330 e. The molecule has 92 valence electrons. The molecule has 1 fully saturated rings. The Bertz CT molecular complexity index is 396. The average Bonchev–Trinajstić information content (AvgIpc) is 2.39. The number of hydrogen-bond acceptors (Lipinski definition) is 5. The molecular formula is C11H13ClN2O3. The number of methoxy groups -OCH3 is 1. The molecule has 1 unspecified atom stereocenters. The van der Waals surface area contributed by atoms with Gasteiger partial charge in [0.25, 0.3) is 0 Å². The Labute approximate surface area is 104 Å². The third kappa shape index (κ3) is 2.68. The fraction of sp³-hybridized carbons (Fsp3) is 0.455. The molecule has 1 saturated heterocycles. The predicted octanol–water partition coefficient (Wildman–Crippen LogP) is 1.11. The lowest BCUT2D eigenvalue weighted by molar-refractivity contribution is -0.144. The van der Waals surface area contributed by atoms with Crippen LogP contribution in [0.2, 0.25) is 5.02 Å². The summed E-state index contributed by atoms with van der Waals surface area (Å²) in [6, 6.07) is 3.08. The van der Waals surface area contributed by atoms with Gasteiger partial charge in [-0.15, -0.1) is 0 Å². The highest BCUT2D eigenvalue weighted by Crippen LogP contribution is 2.19. The van der Waals surface area contributed by atoms with Crippen molar-refractivity contribution in [3.05, 3.63) is 23.4 Å². The highest BCUT2D eigenvalue weighted by Gasteiger charge is 2.31. The number of esters is 1. The van der Waals surface area contributed by atoms with Crippen LogP contribution in [0.25, 0.3) is 0 Å². The van der Waals surface area contributed by atoms with E-state index in [4.69, 9.17) is 21.1 Å². The second-order valence-corrected chi connectivity index (χ2v) is 4.08. The van der Waals surface area contributed by atoms with Gasteiger partial charge in [-0.2, -0.15) is 0 Å². The molecule has 2 rings (SSSR count). The summed E-state index contributed by atoms with van der Waals surface area (Å²) in [5.74, 6) is 0.384. The molecule has 0 aliphatic carbocycles. The number of anilines is 1. The van der Waals surface area contributed by atoms with E-state index in [0.29, 0.717) is 30.6 Å². The molecule has 0 aromatic carbocycles. The minimum atomic E-state index is -0.442. The van der Waals surface area contributed by atoms with Gasteiger partial charge in [-0.25, -0.2) is 9.78 Å². The zero-order valence-electron chi connectivity index (χ0n) is 9.43. The molecule has 0 radical (unpaired) electrons. The minimum Gasteiger partial charge on any atom is -0.467 e. The summed E-state index contributed by atoms with van der Waals surface area (Å²) in [4.78, 5) is 17.7. The van der Waals surface area contributed by atoms with Gasteiger partial charge in [-0.1, -0.05) is 11.6 Å². The SMILES string of the molecule is COC(=O)C1COCCN1c1ccc(Cl)cn1. The molecule has 0 amide bonds. The molecule has 1 aromatic heterocycles. The maximum absolute atomic E-state index is 11.6. The first-order chi connectivity index (χ1) is 8.22. The van der Waals surface area contributed by atoms with Crippen molar-refractivity contribution in [1.82, 2.24) is 4.98 Å². The number of ether oxygens (including phenoxy) is 2. The van der Waals surface area contributed by atoms with Crippen LogP contribution in [0.4, 0.5) is 5.82 Å². The van der Waals surface area contributed by atoms with E-state index in [2.05, 4.69) is 4.98 Å². The molecule has 1 aliphatic rings. The molecule has 5 nitrogen and oxygen atoms in total. The standard InChI is InChI=1S/C11H13ClN2O3/c1-16-11(15)9-7-17-5-4-14(9)10-3-2-8(12)6-13-10/h2-3,6,9H,4-5,7H2,1H3. The van der Waals surface area contributed by atoms with Crippen molar-refractivity contribution >= 4 is 23.4 Å². The van der Waals surface area contributed by atoms with E-state index in [1.807, 2.05) is 4.90 Å². The number of aromatic nitrogens is 1. The Morgan fingerprint density at radius 2 is 2.47 bits per heavy atom. The molecule has 1 aliphatic heterocycles. The van der Waals surface area contributed by atoms with Crippen molar-refractivity contribution in [3.63, 3.8) is 0 Å². The summed E-state index contributed by atoms with van der Waals surface area (Å²) in [5, 5.41) is 0.566. The molecule has 0 spiro atoms. The number of morpholine rings is 1. The van der Waals surface area contributed by atoms with Crippen LogP contribution in [0.3, 0.4) is 0 Å². The number of hydrogen-bond donors (Lipinski definition) is 0. The van der Waals surface area contributed by atoms with Gasteiger partial charge < -0.3 is 14.4 Å². The van der Waals surface area contributed by atoms with Gasteiger partial charge in [-0.3, -0.25) is 0 Å². The molecule has 1 aromatic rings. The number of nitrogens with zero attached hydrogens (tertiary/aromatic N) is 2. The quantitative estimate of drug-likeness (QED) is 0.742. The van der Waals surface area contributed by atoms with Crippen LogP contribution in [0.1, 0.15) is 0 Å². The lowest BCUT2D eigenvalue weighted by Crippen LogP contribution is -2.50. The van der Waals surface area contributed by atoms with Crippen molar-refractivity contribution < 1.29 is 14.3 Å². The van der Waals surface area contributed by atoms with E-state index >= 15 is 0 Å². The monoisotopic (exact) mass is 256 g/mol. The maximum Gasteiger partial charge on any atom is 0.330 e. The van der Waals surface area contributed by atoms with Crippen LogP contribution >= 0.6 is 11.6 Å². The molecule has 1 atom stereocenters. The van der Waals surface area contributed by atoms with Crippen molar-refractivity contribution in [2.45, 2.75) is 6.04 Å². The van der Waals surface area contributed by atoms with Crippen molar-refractivity contribution in [3.8, 4) is 0 Å². The van der Waals surface area contributed by atoms with E-state index in [0.717, 1.165) is 0 Å². The zero-order chi connectivity index (χ0) is 12.3. The van der Waals surface area contributed by atoms with Crippen LogP contribution in [-0.2, 0) is 14.3 Å². The summed E-state index contributed by atoms with van der Waals surface area (Å²) in [6.45, 7) is 1.49. The Morgan fingerprint density at radius 3 is 3.12 bits per heavy atom. The van der Waals surface area contributed by atoms with Gasteiger partial charge in [-0.05, 0) is 12.1 Å². The Hall–Kier alpha value is -1.33. The summed E-state index contributed by atoms with van der Waals surface area (Å²) >= 11 is 5.78. The third-order valence-electron chi connectivity index (χ3n) is 2.61. The van der Waals surface area contributed by atoms with Gasteiger partial charge in [0.2, 0.25) is 0 Å². The highest BCUT2D eigenvalue weighted by molar-refractivity contribution is 6.30. The van der Waals surface area contributed by atoms with Gasteiger partial charge in [0.15, 0.2) is 6.04 Å². The summed E-state index contributed by atoms with van der Waals surface area (Å²) in [5.41, 5.74) is 0. The topological polar surface area (TPSA) is 51.7 Å². The van der Waals surface area contributed by atoms with Gasteiger partial charge in [0.05, 0.1) is 25.3 Å². The molecule has 0 N–H and O–H groups in total. The number of carbonyl (C=O) groups excluding carboxylic acids is 1. The van der Waals surface area contributed by atoms with Crippen LogP contribution < -0.4 is 4.90 Å². The van der Waals surface area contributed by atoms with Crippen LogP contribution in [0.15, 0.2) is 18.3 Å². The molecule has 0 saturated carbocycles. The highest BCUT2D eigenvalue weighted by atomic mass is 35.5. The van der Waals surface area contributed by atoms with Gasteiger partial charge >= 0.3 is 5.97 Å². The van der Waals surface area contributed by atoms with Gasteiger partial charge in [0, 0.05) is 12.7 Å². The van der Waals surface area contributed by atoms with E-state index in [1.165, 1.54) is 7.11 Å². The lowest BCUT2D eigenvalue weighted by Gasteiger charge is -2.34. The fourth-order valence-electron chi connectivity index (χ4n) is 1.75. The van der Waals surface area contributed by atoms with Gasteiger partial charge in [0.1, 0.15) is 5.82 Å². The predicted molar refractivity (Wildman–Crippen MR) is 63.2 cm³/mol. The molecule has 17 heavy (non-hydrogen) atoms. The van der Waals surface area contributed by atoms with E-state index in [-0.39, 0.29) is 5.97 Å². The first kappa shape index (κ1) is 12.1. The van der Waals surface area contributed by atoms with Crippen molar-refractivity contribution in [2.75, 3.05) is 31.8 Å². The van der Waals surface area contributed by atoms with E-state index < -0.39 is 6.04 Å². The van der Waals surface area contributed by atoms with Crippen LogP contribution in [-0.4, -0.2) is 43.9 Å². The van der Waals surface area contributed by atoms with Crippen molar-refractivity contribution in [1.29, 1.82) is 0 Å². The van der Waals surface area contributed by atoms with E-state index in [1.54, 1.807) is 18.3 Å². The van der Waals surface area contributed by atoms with E-state index in [9.17, 15) is 4.79 Å². The normalized spacial score (nSPS) is 20.1. The zero-order valence-corrected chi connectivity index (χ0v) is 10.2. The molecule has 6 heteroatoms. The molecule has 2 heterocycles. The second kappa shape index (κ2) is 5.33. The van der Waals surface area contributed by atoms with Crippen molar-refractivity contribution in [2.24, 2.45) is 0 Å². The van der Waals surface area contributed by atoms with Crippen LogP contribution in [0.5, 0.6) is 0 Å². The number of pyridine rings is 1. The number of carbonyl (C=O) groups is 1. The molecule has 0 bridgehead atoms. The number of rotatable bonds is 2. The first-order valence-electron chi connectivity index (χ1n) is 5.26. The summed E-state index contributed by atoms with van der Waals surface area (Å²) < 4.78 is 10.0. The largest absolute Gasteiger partial charge is 0.467 e. The third-order valence-corrected chi connectivity index (χ3v) is 2.83. The average molecular weight is 257 g/mol. The fourth-order valence-corrected chi connectivity index (χ4v) is 1.86. The first-order valence-corrected chi connectivity index (χ1v) is 5.64. The maximum atomic E-state index is 11.6. The Balaban J connectivity index is 2.21.